The molecular formula is C5H5F7O4S. The van der Waals surface area contributed by atoms with E-state index in [9.17, 15) is 39.2 Å². The molecule has 0 fully saturated rings. The molecule has 0 atom stereocenters. The van der Waals surface area contributed by atoms with Crippen LogP contribution in [0.5, 0.6) is 0 Å². The monoisotopic (exact) mass is 294 g/mol. The lowest BCUT2D eigenvalue weighted by molar-refractivity contribution is -0.487. The first-order chi connectivity index (χ1) is 7.27. The summed E-state index contributed by atoms with van der Waals surface area (Å²) in [6.07, 6.45) is -12.8. The van der Waals surface area contributed by atoms with Gasteiger partial charge < -0.3 is 0 Å². The van der Waals surface area contributed by atoms with Crippen molar-refractivity contribution in [3.05, 3.63) is 0 Å². The molecule has 0 amide bonds. The Morgan fingerprint density at radius 3 is 1.71 bits per heavy atom. The van der Waals surface area contributed by atoms with Gasteiger partial charge in [-0.25, -0.2) is 0 Å². The van der Waals surface area contributed by atoms with Crippen LogP contribution in [0.25, 0.3) is 0 Å². The maximum atomic E-state index is 12.3. The van der Waals surface area contributed by atoms with Gasteiger partial charge in [-0.2, -0.15) is 39.2 Å². The van der Waals surface area contributed by atoms with Crippen molar-refractivity contribution in [3.63, 3.8) is 0 Å². The smallest absolute Gasteiger partial charge is 0.197 e. The maximum absolute atomic E-state index is 12.3. The zero-order valence-corrected chi connectivity index (χ0v) is 8.71. The first kappa shape index (κ1) is 16.4. The molecule has 0 spiro atoms. The Kier molecular flexibility index (Phi) is 4.40. The quantitative estimate of drug-likeness (QED) is 0.442. The van der Waals surface area contributed by atoms with Crippen molar-refractivity contribution in [2.24, 2.45) is 0 Å². The van der Waals surface area contributed by atoms with Crippen LogP contribution in [0.3, 0.4) is 0 Å². The molecule has 0 heterocycles. The van der Waals surface area contributed by atoms with Gasteiger partial charge >= 0.3 is 18.2 Å². The van der Waals surface area contributed by atoms with Gasteiger partial charge in [0.05, 0.1) is 5.75 Å². The van der Waals surface area contributed by atoms with E-state index in [-0.39, 0.29) is 0 Å². The molecule has 0 aliphatic heterocycles. The molecule has 0 saturated heterocycles. The minimum atomic E-state index is -6.63. The summed E-state index contributed by atoms with van der Waals surface area (Å²) in [5, 5.41) is 0. The van der Waals surface area contributed by atoms with E-state index in [0.717, 1.165) is 6.92 Å². The zero-order valence-electron chi connectivity index (χ0n) is 7.89. The van der Waals surface area contributed by atoms with E-state index in [1.807, 2.05) is 0 Å². The van der Waals surface area contributed by atoms with Gasteiger partial charge in [-0.15, -0.1) is 9.22 Å². The average molecular weight is 294 g/mol. The van der Waals surface area contributed by atoms with Gasteiger partial charge in [0, 0.05) is 0 Å². The van der Waals surface area contributed by atoms with Crippen LogP contribution in [-0.4, -0.2) is 32.4 Å². The summed E-state index contributed by atoms with van der Waals surface area (Å²) >= 11 is 0. The largest absolute Gasteiger partial charge is 0.462 e. The van der Waals surface area contributed by atoms with E-state index in [1.165, 1.54) is 0 Å². The van der Waals surface area contributed by atoms with Crippen LogP contribution >= 0.6 is 0 Å². The Hall–Kier alpha value is -0.620. The second kappa shape index (κ2) is 4.57. The van der Waals surface area contributed by atoms with Gasteiger partial charge in [-0.1, -0.05) is 0 Å². The normalized spacial score (nSPS) is 15.1. The molecule has 0 saturated carbocycles. The summed E-state index contributed by atoms with van der Waals surface area (Å²) in [5.41, 5.74) is 0. The van der Waals surface area contributed by atoms with E-state index in [0.29, 0.717) is 0 Å². The summed E-state index contributed by atoms with van der Waals surface area (Å²) in [6.45, 7) is 0.860. The minimum Gasteiger partial charge on any atom is -0.197 e. The minimum absolute atomic E-state index is 0.860. The van der Waals surface area contributed by atoms with E-state index in [4.69, 9.17) is 0 Å². The molecule has 0 aromatic rings. The molecule has 0 radical (unpaired) electrons. The molecule has 0 N–H and O–H groups in total. The van der Waals surface area contributed by atoms with Crippen molar-refractivity contribution in [2.75, 3.05) is 5.75 Å². The fraction of sp³-hybridized carbons (Fsp3) is 1.00. The average Bonchev–Trinajstić information content (AvgIpc) is 2.13. The Morgan fingerprint density at radius 2 is 1.41 bits per heavy atom. The fourth-order valence-corrected chi connectivity index (χ4v) is 0.645. The van der Waals surface area contributed by atoms with Crippen molar-refractivity contribution in [2.45, 2.75) is 25.1 Å². The number of hydrogen-bond donors (Lipinski definition) is 0. The van der Waals surface area contributed by atoms with E-state index < -0.39 is 34.1 Å². The molecule has 0 aromatic carbocycles. The highest BCUT2D eigenvalue weighted by atomic mass is 32.2. The van der Waals surface area contributed by atoms with Crippen molar-refractivity contribution >= 4 is 10.1 Å². The van der Waals surface area contributed by atoms with Crippen molar-refractivity contribution in [1.29, 1.82) is 0 Å². The fourth-order valence-electron chi connectivity index (χ4n) is 0.360. The first-order valence-corrected chi connectivity index (χ1v) is 5.27. The highest BCUT2D eigenvalue weighted by Gasteiger charge is 2.75. The molecule has 0 aliphatic carbocycles. The molecule has 0 aliphatic rings. The summed E-state index contributed by atoms with van der Waals surface area (Å²) in [7, 11) is -4.76. The third-order valence-electron chi connectivity index (χ3n) is 1.32. The number of rotatable bonds is 5. The predicted molar refractivity (Wildman–Crippen MR) is 37.6 cm³/mol. The molecular weight excluding hydrogens is 289 g/mol. The van der Waals surface area contributed by atoms with Gasteiger partial charge in [0.2, 0.25) is 0 Å². The van der Waals surface area contributed by atoms with Crippen LogP contribution in [0.1, 0.15) is 6.92 Å². The predicted octanol–water partition coefficient (Wildman–Crippen LogP) is 2.07. The lowest BCUT2D eigenvalue weighted by atomic mass is 10.3. The molecule has 104 valence electrons. The van der Waals surface area contributed by atoms with Gasteiger partial charge in [0.25, 0.3) is 10.1 Å². The van der Waals surface area contributed by atoms with Gasteiger partial charge in [0.1, 0.15) is 0 Å². The second-order valence-electron chi connectivity index (χ2n) is 2.59. The summed E-state index contributed by atoms with van der Waals surface area (Å²) < 4.78 is 107. The lowest BCUT2D eigenvalue weighted by Gasteiger charge is -2.25. The van der Waals surface area contributed by atoms with Crippen LogP contribution < -0.4 is 0 Å². The lowest BCUT2D eigenvalue weighted by Crippen LogP contribution is -2.53. The van der Waals surface area contributed by atoms with Crippen LogP contribution in [-0.2, 0) is 19.3 Å². The highest BCUT2D eigenvalue weighted by molar-refractivity contribution is 7.86. The summed E-state index contributed by atoms with van der Waals surface area (Å²) in [6, 6.07) is 0. The number of hydrogen-bond acceptors (Lipinski definition) is 4. The third-order valence-corrected chi connectivity index (χ3v) is 2.30. The molecule has 17 heavy (non-hydrogen) atoms. The van der Waals surface area contributed by atoms with Crippen molar-refractivity contribution < 1.29 is 48.4 Å². The van der Waals surface area contributed by atoms with Crippen LogP contribution in [0.15, 0.2) is 0 Å². The summed E-state index contributed by atoms with van der Waals surface area (Å²) in [4.78, 5) is 2.39. The topological polar surface area (TPSA) is 52.6 Å². The molecule has 12 heteroatoms. The molecule has 0 unspecified atom stereocenters. The summed E-state index contributed by atoms with van der Waals surface area (Å²) in [5.74, 6) is -7.55. The number of alkyl halides is 7. The van der Waals surface area contributed by atoms with Crippen LogP contribution in [0, 0.1) is 0 Å². The van der Waals surface area contributed by atoms with E-state index in [1.54, 1.807) is 0 Å². The Balaban J connectivity index is 4.93. The SMILES string of the molecule is CCS(=O)(=O)OOC(F)(F)C(F)(F)C(F)(F)F. The zero-order chi connectivity index (χ0) is 14.1. The Labute approximate surface area is 90.3 Å². The van der Waals surface area contributed by atoms with Crippen LogP contribution in [0.4, 0.5) is 30.7 Å². The van der Waals surface area contributed by atoms with Crippen molar-refractivity contribution in [3.8, 4) is 0 Å². The number of halogens is 7. The van der Waals surface area contributed by atoms with Crippen LogP contribution in [0.2, 0.25) is 0 Å². The van der Waals surface area contributed by atoms with Crippen molar-refractivity contribution in [1.82, 2.24) is 0 Å². The molecule has 0 bridgehead atoms. The Morgan fingerprint density at radius 1 is 1.00 bits per heavy atom. The molecule has 0 aromatic heterocycles. The Bertz CT molecular complexity index is 359. The highest BCUT2D eigenvalue weighted by Crippen LogP contribution is 2.47. The third kappa shape index (κ3) is 3.67. The first-order valence-electron chi connectivity index (χ1n) is 3.69. The van der Waals surface area contributed by atoms with E-state index >= 15 is 0 Å². The van der Waals surface area contributed by atoms with E-state index in [2.05, 4.69) is 9.22 Å². The maximum Gasteiger partial charge on any atom is 0.462 e. The van der Waals surface area contributed by atoms with Gasteiger partial charge in [-0.3, -0.25) is 0 Å². The second-order valence-corrected chi connectivity index (χ2v) is 4.42. The van der Waals surface area contributed by atoms with Gasteiger partial charge in [0.15, 0.2) is 0 Å². The standard InChI is InChI=1S/C5H5F7O4S/c1-2-17(13,14)16-15-5(11,12)3(6,7)4(8,9)10/h2H2,1H3. The van der Waals surface area contributed by atoms with Gasteiger partial charge in [-0.05, 0) is 6.92 Å². The molecule has 4 nitrogen and oxygen atoms in total. The molecule has 0 rings (SSSR count).